The van der Waals surface area contributed by atoms with E-state index in [2.05, 4.69) is 0 Å². The summed E-state index contributed by atoms with van der Waals surface area (Å²) >= 11 is 0. The number of aryl methyl sites for hydroxylation is 1. The van der Waals surface area contributed by atoms with E-state index >= 15 is 0 Å². The predicted octanol–water partition coefficient (Wildman–Crippen LogP) is 2.04. The molecule has 2 amide bonds. The van der Waals surface area contributed by atoms with Crippen molar-refractivity contribution in [1.29, 1.82) is 0 Å². The number of aromatic nitrogens is 1. The number of hydrogen-bond acceptors (Lipinski definition) is 3. The lowest BCUT2D eigenvalue weighted by atomic mass is 9.94. The molecule has 0 saturated heterocycles. The van der Waals surface area contributed by atoms with E-state index in [1.807, 2.05) is 55.6 Å². The number of carbonyl (C=O) groups is 2. The minimum atomic E-state index is -0.517. The Labute approximate surface area is 150 Å². The van der Waals surface area contributed by atoms with Gasteiger partial charge in [-0.3, -0.25) is 9.59 Å². The molecule has 1 fully saturated rings. The molecule has 1 heterocycles. The van der Waals surface area contributed by atoms with Crippen molar-refractivity contribution in [3.63, 3.8) is 0 Å². The van der Waals surface area contributed by atoms with E-state index in [0.29, 0.717) is 25.7 Å². The summed E-state index contributed by atoms with van der Waals surface area (Å²) in [6.07, 6.45) is 4.07. The second-order valence-electron chi connectivity index (χ2n) is 7.83. The van der Waals surface area contributed by atoms with Crippen LogP contribution in [-0.4, -0.2) is 59.0 Å². The quantitative estimate of drug-likeness (QED) is 0.722. The zero-order valence-electron chi connectivity index (χ0n) is 16.1. The highest BCUT2D eigenvalue weighted by molar-refractivity contribution is 5.87. The first kappa shape index (κ1) is 19.5. The lowest BCUT2D eigenvalue weighted by Gasteiger charge is -2.31. The van der Waals surface area contributed by atoms with E-state index in [9.17, 15) is 9.59 Å². The minimum absolute atomic E-state index is 0.0115. The molecule has 6 nitrogen and oxygen atoms in total. The third-order valence-electron chi connectivity index (χ3n) is 4.51. The Morgan fingerprint density at radius 3 is 2.48 bits per heavy atom. The lowest BCUT2D eigenvalue weighted by molar-refractivity contribution is -0.146. The molecule has 25 heavy (non-hydrogen) atoms. The molecule has 0 aliphatic heterocycles. The van der Waals surface area contributed by atoms with E-state index in [1.54, 1.807) is 12.0 Å². The van der Waals surface area contributed by atoms with E-state index in [-0.39, 0.29) is 18.4 Å². The number of ether oxygens (including phenoxy) is 1. The van der Waals surface area contributed by atoms with Crippen LogP contribution in [0.4, 0.5) is 0 Å². The average molecular weight is 349 g/mol. The summed E-state index contributed by atoms with van der Waals surface area (Å²) in [4.78, 5) is 29.2. The smallest absolute Gasteiger partial charge is 0.242 e. The Kier molecular flexibility index (Phi) is 6.27. The van der Waals surface area contributed by atoms with E-state index < -0.39 is 5.41 Å². The summed E-state index contributed by atoms with van der Waals surface area (Å²) in [7, 11) is 3.59. The maximum atomic E-state index is 12.9. The Balaban J connectivity index is 2.08. The van der Waals surface area contributed by atoms with E-state index in [0.717, 1.165) is 18.5 Å². The van der Waals surface area contributed by atoms with Gasteiger partial charge in [-0.2, -0.15) is 0 Å². The molecule has 1 saturated carbocycles. The van der Waals surface area contributed by atoms with Crippen molar-refractivity contribution in [2.45, 2.75) is 46.2 Å². The van der Waals surface area contributed by atoms with Gasteiger partial charge in [0.25, 0.3) is 0 Å². The third kappa shape index (κ3) is 5.33. The summed E-state index contributed by atoms with van der Waals surface area (Å²) in [6, 6.07) is 4.32. The number of rotatable bonds is 8. The van der Waals surface area contributed by atoms with Crippen LogP contribution in [0, 0.1) is 5.41 Å². The van der Waals surface area contributed by atoms with Crippen molar-refractivity contribution >= 4 is 11.8 Å². The molecule has 6 heteroatoms. The van der Waals surface area contributed by atoms with Gasteiger partial charge in [0.1, 0.15) is 0 Å². The summed E-state index contributed by atoms with van der Waals surface area (Å²) in [5.74, 6) is -0.00934. The monoisotopic (exact) mass is 349 g/mol. The topological polar surface area (TPSA) is 54.8 Å². The molecule has 0 bridgehead atoms. The van der Waals surface area contributed by atoms with Gasteiger partial charge < -0.3 is 19.1 Å². The summed E-state index contributed by atoms with van der Waals surface area (Å²) in [6.45, 7) is 7.19. The van der Waals surface area contributed by atoms with Gasteiger partial charge in [-0.25, -0.2) is 0 Å². The van der Waals surface area contributed by atoms with E-state index in [1.165, 1.54) is 0 Å². The molecule has 2 rings (SSSR count). The molecular weight excluding hydrogens is 318 g/mol. The maximum absolute atomic E-state index is 12.9. The molecule has 1 aliphatic carbocycles. The van der Waals surface area contributed by atoms with Gasteiger partial charge in [0.15, 0.2) is 0 Å². The molecule has 0 spiro atoms. The molecular formula is C19H31N3O3. The van der Waals surface area contributed by atoms with Crippen LogP contribution in [-0.2, 0) is 27.9 Å². The van der Waals surface area contributed by atoms with Gasteiger partial charge in [0.2, 0.25) is 11.8 Å². The van der Waals surface area contributed by atoms with Crippen LogP contribution in [0.2, 0.25) is 0 Å². The molecule has 140 valence electrons. The molecule has 0 unspecified atom stereocenters. The lowest BCUT2D eigenvalue weighted by Crippen LogP contribution is -2.48. The average Bonchev–Trinajstić information content (AvgIpc) is 3.30. The Morgan fingerprint density at radius 1 is 1.32 bits per heavy atom. The van der Waals surface area contributed by atoms with Crippen LogP contribution in [0.15, 0.2) is 18.3 Å². The molecule has 0 N–H and O–H groups in total. The number of nitrogens with zero attached hydrogens (tertiary/aromatic N) is 3. The largest absolute Gasteiger partial charge is 0.383 e. The number of amides is 2. The van der Waals surface area contributed by atoms with Crippen LogP contribution in [0.3, 0.4) is 0 Å². The van der Waals surface area contributed by atoms with Gasteiger partial charge in [0, 0.05) is 44.0 Å². The molecule has 1 aromatic rings. The van der Waals surface area contributed by atoms with Gasteiger partial charge in [-0.1, -0.05) is 20.8 Å². The standard InChI is InChI=1S/C19H31N3O3/c1-19(2,3)18(24)21(11-12-25-5)14-17(23)22(15-8-9-15)13-16-7-6-10-20(16)4/h6-7,10,15H,8-9,11-14H2,1-5H3. The van der Waals surface area contributed by atoms with Crippen molar-refractivity contribution < 1.29 is 14.3 Å². The van der Waals surface area contributed by atoms with Crippen molar-refractivity contribution in [3.05, 3.63) is 24.0 Å². The summed E-state index contributed by atoms with van der Waals surface area (Å²) in [5, 5.41) is 0. The highest BCUT2D eigenvalue weighted by atomic mass is 16.5. The van der Waals surface area contributed by atoms with Crippen molar-refractivity contribution in [1.82, 2.24) is 14.4 Å². The van der Waals surface area contributed by atoms with Gasteiger partial charge in [0.05, 0.1) is 19.7 Å². The van der Waals surface area contributed by atoms with Gasteiger partial charge in [-0.05, 0) is 25.0 Å². The number of methoxy groups -OCH3 is 1. The SMILES string of the molecule is COCCN(CC(=O)N(Cc1cccn1C)C1CC1)C(=O)C(C)(C)C. The van der Waals surface area contributed by atoms with Crippen molar-refractivity contribution in [2.75, 3.05) is 26.8 Å². The van der Waals surface area contributed by atoms with Crippen LogP contribution >= 0.6 is 0 Å². The molecule has 1 aromatic heterocycles. The highest BCUT2D eigenvalue weighted by Gasteiger charge is 2.35. The highest BCUT2D eigenvalue weighted by Crippen LogP contribution is 2.29. The zero-order valence-corrected chi connectivity index (χ0v) is 16.1. The fourth-order valence-corrected chi connectivity index (χ4v) is 2.82. The Morgan fingerprint density at radius 2 is 2.00 bits per heavy atom. The fourth-order valence-electron chi connectivity index (χ4n) is 2.82. The first-order chi connectivity index (χ1) is 11.7. The van der Waals surface area contributed by atoms with Crippen molar-refractivity contribution in [2.24, 2.45) is 12.5 Å². The predicted molar refractivity (Wildman–Crippen MR) is 96.9 cm³/mol. The zero-order chi connectivity index (χ0) is 18.6. The Bertz CT molecular complexity index is 599. The first-order valence-electron chi connectivity index (χ1n) is 8.92. The normalized spacial score (nSPS) is 14.4. The fraction of sp³-hybridized carbons (Fsp3) is 0.684. The van der Waals surface area contributed by atoms with Crippen LogP contribution < -0.4 is 0 Å². The van der Waals surface area contributed by atoms with Gasteiger partial charge >= 0.3 is 0 Å². The molecule has 1 aliphatic rings. The van der Waals surface area contributed by atoms with Crippen LogP contribution in [0.25, 0.3) is 0 Å². The van der Waals surface area contributed by atoms with Crippen molar-refractivity contribution in [3.8, 4) is 0 Å². The molecule has 0 radical (unpaired) electrons. The number of hydrogen-bond donors (Lipinski definition) is 0. The summed E-state index contributed by atoms with van der Waals surface area (Å²) in [5.41, 5.74) is 0.585. The second kappa shape index (κ2) is 8.04. The van der Waals surface area contributed by atoms with E-state index in [4.69, 9.17) is 4.74 Å². The second-order valence-corrected chi connectivity index (χ2v) is 7.83. The first-order valence-corrected chi connectivity index (χ1v) is 8.92. The van der Waals surface area contributed by atoms with Crippen LogP contribution in [0.5, 0.6) is 0 Å². The molecule has 0 atom stereocenters. The number of carbonyl (C=O) groups excluding carboxylic acids is 2. The maximum Gasteiger partial charge on any atom is 0.242 e. The minimum Gasteiger partial charge on any atom is -0.383 e. The Hall–Kier alpha value is -1.82. The van der Waals surface area contributed by atoms with Crippen LogP contribution in [0.1, 0.15) is 39.3 Å². The third-order valence-corrected chi connectivity index (χ3v) is 4.51. The molecule has 0 aromatic carbocycles. The summed E-state index contributed by atoms with van der Waals surface area (Å²) < 4.78 is 7.15. The van der Waals surface area contributed by atoms with Gasteiger partial charge in [-0.15, -0.1) is 0 Å².